The van der Waals surface area contributed by atoms with Gasteiger partial charge >= 0.3 is 0 Å². The lowest BCUT2D eigenvalue weighted by Crippen LogP contribution is -2.37. The van der Waals surface area contributed by atoms with Crippen molar-refractivity contribution in [1.29, 1.82) is 0 Å². The van der Waals surface area contributed by atoms with Crippen molar-refractivity contribution in [1.82, 2.24) is 10.2 Å². The number of likely N-dealkylation sites (tertiary alicyclic amines) is 1. The van der Waals surface area contributed by atoms with Gasteiger partial charge < -0.3 is 19.2 Å². The standard InChI is InChI=1S/C20H28N2O4/c1-14(2)25-13-17-16-6-4-5-7-18(16)26-19(17)20(23)21-15-8-9-22(12-15)10-11-24-3/h4-7,14-15H,8-13H2,1-3H3,(H,21,23). The molecule has 1 N–H and O–H groups in total. The topological polar surface area (TPSA) is 63.9 Å². The summed E-state index contributed by atoms with van der Waals surface area (Å²) in [6.07, 6.45) is 1.02. The Kier molecular flexibility index (Phi) is 6.29. The van der Waals surface area contributed by atoms with E-state index in [1.807, 2.05) is 38.1 Å². The Balaban J connectivity index is 1.72. The molecule has 0 saturated carbocycles. The van der Waals surface area contributed by atoms with E-state index in [2.05, 4.69) is 10.2 Å². The number of fused-ring (bicyclic) bond motifs is 1. The summed E-state index contributed by atoms with van der Waals surface area (Å²) < 4.78 is 16.8. The van der Waals surface area contributed by atoms with Gasteiger partial charge in [-0.3, -0.25) is 9.69 Å². The smallest absolute Gasteiger partial charge is 0.287 e. The molecular weight excluding hydrogens is 332 g/mol. The van der Waals surface area contributed by atoms with E-state index in [-0.39, 0.29) is 18.1 Å². The fourth-order valence-electron chi connectivity index (χ4n) is 3.30. The van der Waals surface area contributed by atoms with E-state index in [1.165, 1.54) is 0 Å². The van der Waals surface area contributed by atoms with E-state index in [4.69, 9.17) is 13.9 Å². The van der Waals surface area contributed by atoms with Crippen LogP contribution in [0.5, 0.6) is 0 Å². The lowest BCUT2D eigenvalue weighted by Gasteiger charge is -2.16. The van der Waals surface area contributed by atoms with Crippen molar-refractivity contribution >= 4 is 16.9 Å². The van der Waals surface area contributed by atoms with Gasteiger partial charge in [-0.2, -0.15) is 0 Å². The number of amides is 1. The number of benzene rings is 1. The van der Waals surface area contributed by atoms with Crippen LogP contribution in [0.2, 0.25) is 0 Å². The molecule has 1 saturated heterocycles. The molecule has 1 aliphatic heterocycles. The molecule has 1 aliphatic rings. The lowest BCUT2D eigenvalue weighted by molar-refractivity contribution is 0.0642. The van der Waals surface area contributed by atoms with Crippen molar-refractivity contribution in [3.63, 3.8) is 0 Å². The second-order valence-electron chi connectivity index (χ2n) is 7.02. The molecule has 26 heavy (non-hydrogen) atoms. The van der Waals surface area contributed by atoms with E-state index < -0.39 is 0 Å². The van der Waals surface area contributed by atoms with Gasteiger partial charge in [-0.15, -0.1) is 0 Å². The van der Waals surface area contributed by atoms with Crippen LogP contribution in [0.25, 0.3) is 11.0 Å². The summed E-state index contributed by atoms with van der Waals surface area (Å²) in [6.45, 7) is 7.74. The van der Waals surface area contributed by atoms with Crippen molar-refractivity contribution in [2.24, 2.45) is 0 Å². The van der Waals surface area contributed by atoms with Crippen LogP contribution in [0.4, 0.5) is 0 Å². The Hall–Kier alpha value is -1.89. The molecule has 1 aromatic heterocycles. The van der Waals surface area contributed by atoms with Gasteiger partial charge in [0.25, 0.3) is 5.91 Å². The predicted octanol–water partition coefficient (Wildman–Crippen LogP) is 2.81. The monoisotopic (exact) mass is 360 g/mol. The average molecular weight is 360 g/mol. The van der Waals surface area contributed by atoms with Crippen LogP contribution in [-0.2, 0) is 16.1 Å². The van der Waals surface area contributed by atoms with E-state index in [0.717, 1.165) is 37.0 Å². The number of nitrogens with zero attached hydrogens (tertiary/aromatic N) is 1. The first kappa shape index (κ1) is 18.9. The number of para-hydroxylation sites is 1. The number of carbonyl (C=O) groups excluding carboxylic acids is 1. The summed E-state index contributed by atoms with van der Waals surface area (Å²) in [7, 11) is 1.71. The van der Waals surface area contributed by atoms with Crippen molar-refractivity contribution in [3.8, 4) is 0 Å². The maximum Gasteiger partial charge on any atom is 0.287 e. The van der Waals surface area contributed by atoms with Crippen LogP contribution in [0.15, 0.2) is 28.7 Å². The van der Waals surface area contributed by atoms with Crippen LogP contribution in [0, 0.1) is 0 Å². The number of rotatable bonds is 8. The molecule has 1 unspecified atom stereocenters. The lowest BCUT2D eigenvalue weighted by atomic mass is 10.1. The van der Waals surface area contributed by atoms with Crippen molar-refractivity contribution in [2.45, 2.75) is 39.0 Å². The highest BCUT2D eigenvalue weighted by Crippen LogP contribution is 2.27. The maximum atomic E-state index is 12.9. The van der Waals surface area contributed by atoms with Gasteiger partial charge in [-0.1, -0.05) is 18.2 Å². The average Bonchev–Trinajstić information content (AvgIpc) is 3.22. The van der Waals surface area contributed by atoms with Gasteiger partial charge in [0.2, 0.25) is 0 Å². The molecule has 1 aromatic carbocycles. The van der Waals surface area contributed by atoms with Crippen LogP contribution < -0.4 is 5.32 Å². The Labute approximate surface area is 154 Å². The summed E-state index contributed by atoms with van der Waals surface area (Å²) in [4.78, 5) is 15.2. The molecule has 2 heterocycles. The number of nitrogens with one attached hydrogen (secondary N) is 1. The second kappa shape index (κ2) is 8.66. The van der Waals surface area contributed by atoms with E-state index in [0.29, 0.717) is 24.6 Å². The molecule has 6 nitrogen and oxygen atoms in total. The quantitative estimate of drug-likeness (QED) is 0.784. The molecule has 0 bridgehead atoms. The summed E-state index contributed by atoms with van der Waals surface area (Å²) in [5.74, 6) is 0.198. The molecule has 1 amide bonds. The molecule has 142 valence electrons. The molecule has 0 spiro atoms. The Bertz CT molecular complexity index is 740. The zero-order valence-electron chi connectivity index (χ0n) is 15.8. The van der Waals surface area contributed by atoms with Gasteiger partial charge in [0, 0.05) is 43.7 Å². The molecule has 1 fully saturated rings. The number of carbonyl (C=O) groups is 1. The molecule has 2 aromatic rings. The van der Waals surface area contributed by atoms with Crippen LogP contribution in [0.3, 0.4) is 0 Å². The van der Waals surface area contributed by atoms with Gasteiger partial charge in [-0.25, -0.2) is 0 Å². The third-order valence-corrected chi connectivity index (χ3v) is 4.68. The zero-order valence-corrected chi connectivity index (χ0v) is 15.8. The molecule has 0 radical (unpaired) electrons. The first-order chi connectivity index (χ1) is 12.6. The van der Waals surface area contributed by atoms with Crippen molar-refractivity contribution < 1.29 is 18.7 Å². The van der Waals surface area contributed by atoms with E-state index in [1.54, 1.807) is 7.11 Å². The molecule has 6 heteroatoms. The minimum Gasteiger partial charge on any atom is -0.451 e. The number of furan rings is 1. The van der Waals surface area contributed by atoms with Gasteiger partial charge in [0.15, 0.2) is 5.76 Å². The van der Waals surface area contributed by atoms with Crippen LogP contribution in [0.1, 0.15) is 36.4 Å². The molecular formula is C20H28N2O4. The zero-order chi connectivity index (χ0) is 18.5. The fraction of sp³-hybridized carbons (Fsp3) is 0.550. The number of methoxy groups -OCH3 is 1. The third kappa shape index (κ3) is 4.44. The first-order valence-electron chi connectivity index (χ1n) is 9.22. The van der Waals surface area contributed by atoms with Crippen LogP contribution >= 0.6 is 0 Å². The summed E-state index contributed by atoms with van der Waals surface area (Å²) in [5.41, 5.74) is 1.54. The second-order valence-corrected chi connectivity index (χ2v) is 7.02. The minimum atomic E-state index is -0.165. The normalized spacial score (nSPS) is 18.1. The Morgan fingerprint density at radius 1 is 1.38 bits per heavy atom. The van der Waals surface area contributed by atoms with Crippen LogP contribution in [-0.4, -0.2) is 56.3 Å². The first-order valence-corrected chi connectivity index (χ1v) is 9.22. The highest BCUT2D eigenvalue weighted by Gasteiger charge is 2.27. The molecule has 3 rings (SSSR count). The Morgan fingerprint density at radius 2 is 2.19 bits per heavy atom. The number of ether oxygens (including phenoxy) is 2. The largest absolute Gasteiger partial charge is 0.451 e. The highest BCUT2D eigenvalue weighted by atomic mass is 16.5. The number of hydrogen-bond acceptors (Lipinski definition) is 5. The van der Waals surface area contributed by atoms with Crippen molar-refractivity contribution in [3.05, 3.63) is 35.6 Å². The third-order valence-electron chi connectivity index (χ3n) is 4.68. The Morgan fingerprint density at radius 3 is 2.96 bits per heavy atom. The van der Waals surface area contributed by atoms with Gasteiger partial charge in [0.05, 0.1) is 19.3 Å². The van der Waals surface area contributed by atoms with Gasteiger partial charge in [-0.05, 0) is 26.3 Å². The SMILES string of the molecule is COCCN1CCC(NC(=O)c2oc3ccccc3c2COC(C)C)C1. The summed E-state index contributed by atoms with van der Waals surface area (Å²) in [5, 5.41) is 4.06. The number of hydrogen-bond donors (Lipinski definition) is 1. The van der Waals surface area contributed by atoms with E-state index >= 15 is 0 Å². The minimum absolute atomic E-state index is 0.0868. The van der Waals surface area contributed by atoms with Crippen molar-refractivity contribution in [2.75, 3.05) is 33.4 Å². The predicted molar refractivity (Wildman–Crippen MR) is 100 cm³/mol. The van der Waals surface area contributed by atoms with Gasteiger partial charge in [0.1, 0.15) is 5.58 Å². The maximum absolute atomic E-state index is 12.9. The molecule has 0 aliphatic carbocycles. The fourth-order valence-corrected chi connectivity index (χ4v) is 3.30. The summed E-state index contributed by atoms with van der Waals surface area (Å²) >= 11 is 0. The molecule has 1 atom stereocenters. The summed E-state index contributed by atoms with van der Waals surface area (Å²) in [6, 6.07) is 7.84. The highest BCUT2D eigenvalue weighted by molar-refractivity contribution is 5.99. The van der Waals surface area contributed by atoms with E-state index in [9.17, 15) is 4.79 Å².